The van der Waals surface area contributed by atoms with Gasteiger partial charge in [-0.2, -0.15) is 0 Å². The van der Waals surface area contributed by atoms with Gasteiger partial charge in [-0.1, -0.05) is 70.8 Å². The molecular weight excluding hydrogens is 613 g/mol. The number of hydrogen-bond donors (Lipinski definition) is 0. The van der Waals surface area contributed by atoms with Gasteiger partial charge in [-0.3, -0.25) is 0 Å². The first-order valence-electron chi connectivity index (χ1n) is 17.1. The average molecular weight is 649 g/mol. The van der Waals surface area contributed by atoms with E-state index in [1.54, 1.807) is 0 Å². The molecule has 0 atom stereocenters. The Morgan fingerprint density at radius 2 is 0.560 bits per heavy atom. The lowest BCUT2D eigenvalue weighted by molar-refractivity contribution is 0.633. The first-order valence-corrected chi connectivity index (χ1v) is 17.1. The summed E-state index contributed by atoms with van der Waals surface area (Å²) in [5.74, 6) is 0. The maximum Gasteiger partial charge on any atom is 0.178 e. The van der Waals surface area contributed by atoms with Crippen LogP contribution in [0.25, 0.3) is 43.9 Å². The van der Waals surface area contributed by atoms with Crippen LogP contribution in [0.15, 0.2) is 154 Å². The monoisotopic (exact) mass is 648 g/mol. The lowest BCUT2D eigenvalue weighted by Gasteiger charge is -2.25. The zero-order valence-electron chi connectivity index (χ0n) is 28.6. The van der Waals surface area contributed by atoms with Crippen molar-refractivity contribution in [2.24, 2.45) is 0 Å². The van der Waals surface area contributed by atoms with E-state index < -0.39 is 0 Å². The maximum absolute atomic E-state index is 6.70. The first-order chi connectivity index (χ1) is 24.4. The molecule has 7 aromatic carbocycles. The summed E-state index contributed by atoms with van der Waals surface area (Å²) in [6.45, 7) is 8.46. The fraction of sp³-hybridized carbons (Fsp3) is 0.0870. The van der Waals surface area contributed by atoms with Gasteiger partial charge in [0.15, 0.2) is 11.2 Å². The van der Waals surface area contributed by atoms with E-state index in [1.165, 1.54) is 22.3 Å². The molecule has 242 valence electrons. The Labute approximate surface area is 291 Å². The first kappa shape index (κ1) is 29.8. The SMILES string of the molecule is Cc1ccc(N(c2ccc(C)cc2)c2ccc3c(c2)oc2c3ccc3c4ccc(N(c5ccc(C)cc5)c5ccc(C)cc5)cc4oc32)cc1. The van der Waals surface area contributed by atoms with Crippen molar-refractivity contribution in [1.82, 2.24) is 0 Å². The minimum atomic E-state index is 0.763. The Kier molecular flexibility index (Phi) is 6.99. The fourth-order valence-electron chi connectivity index (χ4n) is 6.99. The van der Waals surface area contributed by atoms with Gasteiger partial charge in [-0.15, -0.1) is 0 Å². The van der Waals surface area contributed by atoms with E-state index in [2.05, 4.69) is 183 Å². The van der Waals surface area contributed by atoms with Gasteiger partial charge in [-0.25, -0.2) is 0 Å². The summed E-state index contributed by atoms with van der Waals surface area (Å²) < 4.78 is 13.4. The van der Waals surface area contributed by atoms with Crippen LogP contribution < -0.4 is 9.80 Å². The molecule has 9 rings (SSSR count). The predicted octanol–water partition coefficient (Wildman–Crippen LogP) is 13.7. The maximum atomic E-state index is 6.70. The van der Waals surface area contributed by atoms with E-state index in [0.717, 1.165) is 78.0 Å². The van der Waals surface area contributed by atoms with Crippen molar-refractivity contribution in [3.05, 3.63) is 168 Å². The third kappa shape index (κ3) is 5.08. The molecule has 0 spiro atoms. The standard InChI is InChI=1S/C46H36N2O2/c1-29-5-13-33(14-6-29)47(34-15-7-30(2)8-16-34)37-21-23-39-41-25-26-42-40-24-22-38(28-44(40)50-46(42)45(41)49-43(39)27-37)48(35-17-9-31(3)10-18-35)36-19-11-32(4)12-20-36/h5-28H,1-4H3. The zero-order chi connectivity index (χ0) is 33.9. The molecule has 0 bridgehead atoms. The van der Waals surface area contributed by atoms with Gasteiger partial charge >= 0.3 is 0 Å². The van der Waals surface area contributed by atoms with Crippen LogP contribution in [0.1, 0.15) is 22.3 Å². The van der Waals surface area contributed by atoms with E-state index in [9.17, 15) is 0 Å². The van der Waals surface area contributed by atoms with Gasteiger partial charge in [0, 0.05) is 67.8 Å². The summed E-state index contributed by atoms with van der Waals surface area (Å²) in [5, 5.41) is 4.20. The molecule has 2 heterocycles. The largest absolute Gasteiger partial charge is 0.452 e. The molecule has 0 N–H and O–H groups in total. The molecule has 50 heavy (non-hydrogen) atoms. The second-order valence-corrected chi connectivity index (χ2v) is 13.4. The second-order valence-electron chi connectivity index (χ2n) is 13.4. The lowest BCUT2D eigenvalue weighted by Crippen LogP contribution is -2.09. The van der Waals surface area contributed by atoms with Gasteiger partial charge in [0.2, 0.25) is 0 Å². The van der Waals surface area contributed by atoms with E-state index in [-0.39, 0.29) is 0 Å². The van der Waals surface area contributed by atoms with Gasteiger partial charge in [0.25, 0.3) is 0 Å². The molecule has 9 aromatic rings. The highest BCUT2D eigenvalue weighted by Crippen LogP contribution is 2.43. The summed E-state index contributed by atoms with van der Waals surface area (Å²) in [5.41, 5.74) is 14.5. The number of hydrogen-bond acceptors (Lipinski definition) is 4. The molecule has 0 unspecified atom stereocenters. The van der Waals surface area contributed by atoms with Crippen molar-refractivity contribution in [2.75, 3.05) is 9.80 Å². The smallest absolute Gasteiger partial charge is 0.178 e. The molecule has 0 aliphatic heterocycles. The van der Waals surface area contributed by atoms with Gasteiger partial charge in [0.1, 0.15) is 11.2 Å². The Hall–Kier alpha value is -6.26. The van der Waals surface area contributed by atoms with Gasteiger partial charge in [0.05, 0.1) is 0 Å². The molecule has 0 saturated carbocycles. The lowest BCUT2D eigenvalue weighted by atomic mass is 10.1. The summed E-state index contributed by atoms with van der Waals surface area (Å²) >= 11 is 0. The van der Waals surface area contributed by atoms with E-state index in [4.69, 9.17) is 8.83 Å². The van der Waals surface area contributed by atoms with Crippen LogP contribution in [0.3, 0.4) is 0 Å². The molecule has 0 fully saturated rings. The van der Waals surface area contributed by atoms with Gasteiger partial charge < -0.3 is 18.6 Å². The van der Waals surface area contributed by atoms with E-state index >= 15 is 0 Å². The van der Waals surface area contributed by atoms with Crippen LogP contribution >= 0.6 is 0 Å². The quantitative estimate of drug-likeness (QED) is 0.180. The van der Waals surface area contributed by atoms with Crippen molar-refractivity contribution in [1.29, 1.82) is 0 Å². The highest BCUT2D eigenvalue weighted by molar-refractivity contribution is 6.19. The third-order valence-electron chi connectivity index (χ3n) is 9.73. The normalized spacial score (nSPS) is 11.6. The Bertz CT molecular complexity index is 2380. The van der Waals surface area contributed by atoms with Crippen molar-refractivity contribution >= 4 is 78.0 Å². The van der Waals surface area contributed by atoms with E-state index in [0.29, 0.717) is 0 Å². The molecule has 0 saturated heterocycles. The Balaban J connectivity index is 1.18. The molecular formula is C46H36N2O2. The topological polar surface area (TPSA) is 32.8 Å². The van der Waals surface area contributed by atoms with E-state index in [1.807, 2.05) is 0 Å². The number of rotatable bonds is 6. The molecule has 0 aliphatic rings. The molecule has 0 radical (unpaired) electrons. The number of aryl methyl sites for hydroxylation is 4. The van der Waals surface area contributed by atoms with Crippen molar-refractivity contribution in [3.63, 3.8) is 0 Å². The third-order valence-corrected chi connectivity index (χ3v) is 9.73. The van der Waals surface area contributed by atoms with Crippen molar-refractivity contribution in [3.8, 4) is 0 Å². The van der Waals surface area contributed by atoms with Crippen LogP contribution in [0.2, 0.25) is 0 Å². The molecule has 0 amide bonds. The number of furan rings is 2. The fourth-order valence-corrected chi connectivity index (χ4v) is 6.99. The number of nitrogens with zero attached hydrogens (tertiary/aromatic N) is 2. The highest BCUT2D eigenvalue weighted by atomic mass is 16.4. The average Bonchev–Trinajstić information content (AvgIpc) is 3.70. The zero-order valence-corrected chi connectivity index (χ0v) is 28.6. The van der Waals surface area contributed by atoms with Gasteiger partial charge in [-0.05, 0) is 113 Å². The summed E-state index contributed by atoms with van der Waals surface area (Å²) in [7, 11) is 0. The van der Waals surface area contributed by atoms with Crippen molar-refractivity contribution in [2.45, 2.75) is 27.7 Å². The summed E-state index contributed by atoms with van der Waals surface area (Å²) in [4.78, 5) is 4.55. The molecule has 4 heteroatoms. The predicted molar refractivity (Wildman–Crippen MR) is 209 cm³/mol. The van der Waals surface area contributed by atoms with Crippen molar-refractivity contribution < 1.29 is 8.83 Å². The second kappa shape index (κ2) is 11.7. The molecule has 4 nitrogen and oxygen atoms in total. The minimum absolute atomic E-state index is 0.763. The number of anilines is 6. The number of fused-ring (bicyclic) bond motifs is 7. The van der Waals surface area contributed by atoms with Crippen LogP contribution in [-0.4, -0.2) is 0 Å². The Morgan fingerprint density at radius 1 is 0.300 bits per heavy atom. The Morgan fingerprint density at radius 3 is 0.860 bits per heavy atom. The highest BCUT2D eigenvalue weighted by Gasteiger charge is 2.20. The van der Waals surface area contributed by atoms with Crippen LogP contribution in [-0.2, 0) is 0 Å². The van der Waals surface area contributed by atoms with Crippen LogP contribution in [0.5, 0.6) is 0 Å². The minimum Gasteiger partial charge on any atom is -0.452 e. The molecule has 2 aromatic heterocycles. The van der Waals surface area contributed by atoms with Crippen LogP contribution in [0.4, 0.5) is 34.1 Å². The number of benzene rings is 7. The summed E-state index contributed by atoms with van der Waals surface area (Å²) in [6.07, 6.45) is 0. The summed E-state index contributed by atoms with van der Waals surface area (Å²) in [6, 6.07) is 51.9. The van der Waals surface area contributed by atoms with Crippen LogP contribution in [0, 0.1) is 27.7 Å². The molecule has 0 aliphatic carbocycles.